The standard InChI is InChI=1S/C22H29N3O5S/c1-30-12-11-23-9-7-15-3-2-4-16(13-15)8-10-24-14-22(28,29)17-5-6-18(26)19-20(17)31-21(27)25-19/h2-6,13,23-24,26,28-29H,7-12,14H2,1H3,(H,25,27). The quantitative estimate of drug-likeness (QED) is 0.181. The van der Waals surface area contributed by atoms with Crippen molar-refractivity contribution in [3.05, 3.63) is 62.8 Å². The van der Waals surface area contributed by atoms with Crippen molar-refractivity contribution in [3.63, 3.8) is 0 Å². The van der Waals surface area contributed by atoms with E-state index in [0.717, 1.165) is 37.3 Å². The molecule has 9 heteroatoms. The summed E-state index contributed by atoms with van der Waals surface area (Å²) in [5.74, 6) is -2.28. The summed E-state index contributed by atoms with van der Waals surface area (Å²) in [6.07, 6.45) is 1.67. The number of aliphatic hydroxyl groups is 2. The van der Waals surface area contributed by atoms with Crippen LogP contribution in [0.4, 0.5) is 0 Å². The van der Waals surface area contributed by atoms with Crippen molar-refractivity contribution in [1.29, 1.82) is 0 Å². The lowest BCUT2D eigenvalue weighted by atomic mass is 10.0. The van der Waals surface area contributed by atoms with Crippen LogP contribution in [-0.4, -0.2) is 60.2 Å². The van der Waals surface area contributed by atoms with E-state index < -0.39 is 5.79 Å². The van der Waals surface area contributed by atoms with Gasteiger partial charge in [0.05, 0.1) is 17.9 Å². The first-order chi connectivity index (χ1) is 14.9. The fourth-order valence-corrected chi connectivity index (χ4v) is 4.34. The Bertz CT molecular complexity index is 1050. The number of phenolic OH excluding ortho intramolecular Hbond substituents is 1. The summed E-state index contributed by atoms with van der Waals surface area (Å²) in [6.45, 7) is 2.86. The van der Waals surface area contributed by atoms with Gasteiger partial charge in [-0.1, -0.05) is 35.6 Å². The second kappa shape index (κ2) is 10.9. The maximum absolute atomic E-state index is 11.6. The van der Waals surface area contributed by atoms with Crippen LogP contribution in [0.15, 0.2) is 41.2 Å². The minimum atomic E-state index is -2.17. The number of methoxy groups -OCH3 is 1. The van der Waals surface area contributed by atoms with Crippen molar-refractivity contribution < 1.29 is 20.1 Å². The lowest BCUT2D eigenvalue weighted by Gasteiger charge is -2.23. The van der Waals surface area contributed by atoms with Gasteiger partial charge in [-0.25, -0.2) is 0 Å². The summed E-state index contributed by atoms with van der Waals surface area (Å²) in [7, 11) is 1.69. The summed E-state index contributed by atoms with van der Waals surface area (Å²) in [5.41, 5.74) is 2.81. The zero-order chi connectivity index (χ0) is 22.3. The molecule has 1 heterocycles. The molecule has 0 aliphatic rings. The number of H-pyrrole nitrogens is 1. The van der Waals surface area contributed by atoms with E-state index in [4.69, 9.17) is 4.74 Å². The average molecular weight is 448 g/mol. The summed E-state index contributed by atoms with van der Waals surface area (Å²) in [5, 5.41) is 37.4. The Kier molecular flexibility index (Phi) is 8.19. The molecule has 0 spiro atoms. The minimum absolute atomic E-state index is 0.102. The molecule has 0 radical (unpaired) electrons. The second-order valence-corrected chi connectivity index (χ2v) is 8.39. The molecule has 0 aliphatic carbocycles. The normalized spacial score (nSPS) is 12.0. The Morgan fingerprint density at radius 1 is 1.06 bits per heavy atom. The molecule has 168 valence electrons. The number of hydrogen-bond donors (Lipinski definition) is 6. The van der Waals surface area contributed by atoms with Gasteiger partial charge >= 0.3 is 4.87 Å². The van der Waals surface area contributed by atoms with Crippen molar-refractivity contribution in [1.82, 2.24) is 15.6 Å². The third-order valence-electron chi connectivity index (χ3n) is 5.02. The monoisotopic (exact) mass is 447 g/mol. The highest BCUT2D eigenvalue weighted by atomic mass is 32.1. The fraction of sp³-hybridized carbons (Fsp3) is 0.409. The maximum Gasteiger partial charge on any atom is 0.305 e. The summed E-state index contributed by atoms with van der Waals surface area (Å²) < 4.78 is 5.35. The lowest BCUT2D eigenvalue weighted by molar-refractivity contribution is -0.164. The van der Waals surface area contributed by atoms with Crippen LogP contribution >= 0.6 is 11.3 Å². The predicted octanol–water partition coefficient (Wildman–Crippen LogP) is 1.04. The second-order valence-electron chi connectivity index (χ2n) is 7.41. The molecule has 0 atom stereocenters. The largest absolute Gasteiger partial charge is 0.506 e. The molecule has 3 aromatic rings. The highest BCUT2D eigenvalue weighted by molar-refractivity contribution is 7.16. The molecule has 0 unspecified atom stereocenters. The molecule has 0 saturated heterocycles. The van der Waals surface area contributed by atoms with Gasteiger partial charge in [-0.3, -0.25) is 4.79 Å². The van der Waals surface area contributed by atoms with E-state index in [-0.39, 0.29) is 28.2 Å². The molecule has 8 nitrogen and oxygen atoms in total. The molecular formula is C22H29N3O5S. The van der Waals surface area contributed by atoms with Crippen molar-refractivity contribution in [2.45, 2.75) is 18.6 Å². The Labute approximate surface area is 184 Å². The SMILES string of the molecule is COCCNCCc1cccc(CCNCC(O)(O)c2ccc(O)c3[nH]c(=O)sc23)c1. The molecule has 6 N–H and O–H groups in total. The maximum atomic E-state index is 11.6. The van der Waals surface area contributed by atoms with Crippen LogP contribution in [0, 0.1) is 0 Å². The van der Waals surface area contributed by atoms with E-state index in [2.05, 4.69) is 33.8 Å². The number of thiazole rings is 1. The number of fused-ring (bicyclic) bond motifs is 1. The first-order valence-corrected chi connectivity index (χ1v) is 11.0. The van der Waals surface area contributed by atoms with E-state index in [1.54, 1.807) is 7.11 Å². The molecule has 3 rings (SSSR count). The summed E-state index contributed by atoms with van der Waals surface area (Å²) in [6, 6.07) is 11.1. The molecule has 2 aromatic carbocycles. The summed E-state index contributed by atoms with van der Waals surface area (Å²) in [4.78, 5) is 13.8. The van der Waals surface area contributed by atoms with Crippen molar-refractivity contribution in [2.24, 2.45) is 0 Å². The van der Waals surface area contributed by atoms with Crippen molar-refractivity contribution in [3.8, 4) is 5.75 Å². The van der Waals surface area contributed by atoms with Gasteiger partial charge in [0, 0.05) is 19.2 Å². The Morgan fingerprint density at radius 2 is 1.77 bits per heavy atom. The molecule has 0 aliphatic heterocycles. The molecular weight excluding hydrogens is 418 g/mol. The highest BCUT2D eigenvalue weighted by Crippen LogP contribution is 2.32. The van der Waals surface area contributed by atoms with Gasteiger partial charge in [-0.2, -0.15) is 0 Å². The van der Waals surface area contributed by atoms with E-state index >= 15 is 0 Å². The van der Waals surface area contributed by atoms with Gasteiger partial charge in [-0.15, -0.1) is 0 Å². The third kappa shape index (κ3) is 6.36. The Hall–Kier alpha value is -2.27. The zero-order valence-corrected chi connectivity index (χ0v) is 18.3. The van der Waals surface area contributed by atoms with Crippen LogP contribution in [0.25, 0.3) is 10.2 Å². The minimum Gasteiger partial charge on any atom is -0.506 e. The van der Waals surface area contributed by atoms with Crippen molar-refractivity contribution >= 4 is 21.6 Å². The number of aromatic nitrogens is 1. The number of nitrogens with one attached hydrogen (secondary N) is 3. The molecule has 1 aromatic heterocycles. The number of benzene rings is 2. The number of aromatic hydroxyl groups is 1. The van der Waals surface area contributed by atoms with Gasteiger partial charge in [-0.05, 0) is 49.2 Å². The zero-order valence-electron chi connectivity index (χ0n) is 17.5. The van der Waals surface area contributed by atoms with Crippen LogP contribution in [0.3, 0.4) is 0 Å². The average Bonchev–Trinajstić information content (AvgIpc) is 3.13. The molecule has 0 fully saturated rings. The molecule has 0 bridgehead atoms. The first-order valence-electron chi connectivity index (χ1n) is 10.2. The van der Waals surface area contributed by atoms with Crippen LogP contribution in [0.5, 0.6) is 5.75 Å². The Balaban J connectivity index is 1.52. The number of ether oxygens (including phenoxy) is 1. The predicted molar refractivity (Wildman–Crippen MR) is 122 cm³/mol. The molecule has 0 amide bonds. The van der Waals surface area contributed by atoms with Crippen LogP contribution < -0.4 is 15.5 Å². The molecule has 31 heavy (non-hydrogen) atoms. The van der Waals surface area contributed by atoms with Gasteiger partial charge in [0.15, 0.2) is 0 Å². The van der Waals surface area contributed by atoms with Crippen molar-refractivity contribution in [2.75, 3.05) is 39.9 Å². The van der Waals surface area contributed by atoms with Gasteiger partial charge in [0.1, 0.15) is 11.3 Å². The highest BCUT2D eigenvalue weighted by Gasteiger charge is 2.29. The molecule has 0 saturated carbocycles. The number of phenols is 1. The smallest absolute Gasteiger partial charge is 0.305 e. The van der Waals surface area contributed by atoms with Crippen LogP contribution in [-0.2, 0) is 23.4 Å². The van der Waals surface area contributed by atoms with Gasteiger partial charge in [0.25, 0.3) is 0 Å². The lowest BCUT2D eigenvalue weighted by Crippen LogP contribution is -2.38. The number of rotatable bonds is 12. The Morgan fingerprint density at radius 3 is 2.48 bits per heavy atom. The number of aromatic amines is 1. The van der Waals surface area contributed by atoms with E-state index in [1.165, 1.54) is 23.3 Å². The topological polar surface area (TPSA) is 127 Å². The van der Waals surface area contributed by atoms with E-state index in [0.29, 0.717) is 17.9 Å². The van der Waals surface area contributed by atoms with Gasteiger partial charge < -0.3 is 35.7 Å². The summed E-state index contributed by atoms with van der Waals surface area (Å²) >= 11 is 0.837. The van der Waals surface area contributed by atoms with Crippen LogP contribution in [0.2, 0.25) is 0 Å². The van der Waals surface area contributed by atoms with E-state index in [1.807, 2.05) is 6.07 Å². The third-order valence-corrected chi connectivity index (χ3v) is 5.93. The van der Waals surface area contributed by atoms with E-state index in [9.17, 15) is 20.1 Å². The van der Waals surface area contributed by atoms with Crippen LogP contribution in [0.1, 0.15) is 16.7 Å². The number of hydrogen-bond acceptors (Lipinski definition) is 8. The fourth-order valence-electron chi connectivity index (χ4n) is 3.40. The van der Waals surface area contributed by atoms with Gasteiger partial charge in [0.2, 0.25) is 5.79 Å². The first kappa shape index (κ1) is 23.4.